The fraction of sp³-hybridized carbons (Fsp3) is 0.158. The highest BCUT2D eigenvalue weighted by Crippen LogP contribution is 2.17. The van der Waals surface area contributed by atoms with Crippen LogP contribution in [0.4, 0.5) is 5.69 Å². The second-order valence-corrected chi connectivity index (χ2v) is 6.07. The number of nitro groups is 1. The van der Waals surface area contributed by atoms with Crippen LogP contribution in [-0.4, -0.2) is 23.4 Å². The average molecular weight is 389 g/mol. The molecule has 140 valence electrons. The molecule has 0 unspecified atom stereocenters. The molecule has 0 saturated heterocycles. The van der Waals surface area contributed by atoms with Crippen LogP contribution >= 0.6 is 11.6 Å². The van der Waals surface area contributed by atoms with E-state index in [1.54, 1.807) is 25.1 Å². The summed E-state index contributed by atoms with van der Waals surface area (Å²) in [5, 5.41) is 13.9. The maximum Gasteiger partial charge on any atom is 0.331 e. The maximum absolute atomic E-state index is 11.9. The number of nitrogens with one attached hydrogen (secondary N) is 1. The Kier molecular flexibility index (Phi) is 7.08. The quantitative estimate of drug-likeness (QED) is 0.337. The number of esters is 1. The summed E-state index contributed by atoms with van der Waals surface area (Å²) in [6.45, 7) is 1.37. The van der Waals surface area contributed by atoms with Gasteiger partial charge in [0.25, 0.3) is 11.6 Å². The van der Waals surface area contributed by atoms with E-state index in [1.807, 2.05) is 6.07 Å². The van der Waals surface area contributed by atoms with Crippen molar-refractivity contribution in [3.63, 3.8) is 0 Å². The first kappa shape index (κ1) is 20.1. The van der Waals surface area contributed by atoms with Crippen molar-refractivity contribution in [1.82, 2.24) is 5.32 Å². The number of non-ortho nitro benzene ring substituents is 1. The number of amides is 1. The van der Waals surface area contributed by atoms with E-state index < -0.39 is 23.4 Å². The molecule has 1 N–H and O–H groups in total. The zero-order valence-corrected chi connectivity index (χ0v) is 15.2. The number of nitro benzene ring substituents is 1. The van der Waals surface area contributed by atoms with Gasteiger partial charge in [-0.05, 0) is 48.4 Å². The first-order valence-corrected chi connectivity index (χ1v) is 8.37. The van der Waals surface area contributed by atoms with E-state index in [0.29, 0.717) is 10.6 Å². The molecule has 1 amide bonds. The van der Waals surface area contributed by atoms with Crippen molar-refractivity contribution in [2.45, 2.75) is 13.0 Å². The minimum Gasteiger partial charge on any atom is -0.452 e. The Morgan fingerprint density at radius 2 is 1.96 bits per heavy atom. The molecule has 0 fully saturated rings. The molecule has 1 atom stereocenters. The van der Waals surface area contributed by atoms with Crippen LogP contribution in [-0.2, 0) is 14.3 Å². The van der Waals surface area contributed by atoms with Crippen molar-refractivity contribution in [3.8, 4) is 0 Å². The van der Waals surface area contributed by atoms with Crippen LogP contribution in [0, 0.1) is 10.1 Å². The number of rotatable bonds is 7. The number of carbonyl (C=O) groups excluding carboxylic acids is 2. The van der Waals surface area contributed by atoms with Gasteiger partial charge in [0.2, 0.25) is 0 Å². The van der Waals surface area contributed by atoms with Crippen molar-refractivity contribution >= 4 is 35.2 Å². The number of benzene rings is 2. The van der Waals surface area contributed by atoms with Gasteiger partial charge < -0.3 is 10.1 Å². The van der Waals surface area contributed by atoms with Gasteiger partial charge in [-0.1, -0.05) is 23.7 Å². The number of hydrogen-bond donors (Lipinski definition) is 1. The predicted molar refractivity (Wildman–Crippen MR) is 101 cm³/mol. The summed E-state index contributed by atoms with van der Waals surface area (Å²) >= 11 is 5.91. The molecule has 0 saturated carbocycles. The van der Waals surface area contributed by atoms with E-state index in [1.165, 1.54) is 30.3 Å². The number of halogens is 1. The fourth-order valence-corrected chi connectivity index (χ4v) is 2.40. The predicted octanol–water partition coefficient (Wildman–Crippen LogP) is 3.68. The van der Waals surface area contributed by atoms with Crippen LogP contribution in [0.2, 0.25) is 5.02 Å². The zero-order chi connectivity index (χ0) is 19.8. The zero-order valence-electron chi connectivity index (χ0n) is 14.4. The van der Waals surface area contributed by atoms with Crippen LogP contribution in [0.3, 0.4) is 0 Å². The molecule has 0 radical (unpaired) electrons. The standard InChI is InChI=1S/C19H17ClN2O5/c1-13(15-3-2-4-16(20)11-15)21-18(23)12-27-19(24)10-7-14-5-8-17(9-6-14)22(25)26/h2-11,13H,12H2,1H3,(H,21,23)/b10-7+/t13-/m1/s1. The molecule has 2 aromatic rings. The van der Waals surface area contributed by atoms with Crippen molar-refractivity contribution in [1.29, 1.82) is 0 Å². The van der Waals surface area contributed by atoms with Gasteiger partial charge in [-0.2, -0.15) is 0 Å². The third kappa shape index (κ3) is 6.56. The summed E-state index contributed by atoms with van der Waals surface area (Å²) < 4.78 is 4.88. The van der Waals surface area contributed by atoms with E-state index in [-0.39, 0.29) is 11.7 Å². The highest BCUT2D eigenvalue weighted by atomic mass is 35.5. The first-order valence-electron chi connectivity index (χ1n) is 7.99. The van der Waals surface area contributed by atoms with Crippen LogP contribution in [0.25, 0.3) is 6.08 Å². The van der Waals surface area contributed by atoms with Crippen molar-refractivity contribution in [2.75, 3.05) is 6.61 Å². The van der Waals surface area contributed by atoms with Gasteiger partial charge >= 0.3 is 5.97 Å². The van der Waals surface area contributed by atoms with Crippen molar-refractivity contribution in [3.05, 3.63) is 80.9 Å². The summed E-state index contributed by atoms with van der Waals surface area (Å²) in [7, 11) is 0. The van der Waals surface area contributed by atoms with E-state index in [0.717, 1.165) is 11.6 Å². The lowest BCUT2D eigenvalue weighted by Crippen LogP contribution is -2.30. The second kappa shape index (κ2) is 9.49. The molecule has 7 nitrogen and oxygen atoms in total. The number of hydrogen-bond acceptors (Lipinski definition) is 5. The molecule has 0 aromatic heterocycles. The Bertz CT molecular complexity index is 865. The SMILES string of the molecule is C[C@@H](NC(=O)COC(=O)/C=C/c1ccc([N+](=O)[O-])cc1)c1cccc(Cl)c1. The van der Waals surface area contributed by atoms with Crippen molar-refractivity contribution in [2.24, 2.45) is 0 Å². The third-order valence-corrected chi connectivity index (χ3v) is 3.82. The minimum atomic E-state index is -0.695. The van der Waals surface area contributed by atoms with Gasteiger partial charge in [-0.15, -0.1) is 0 Å². The molecular weight excluding hydrogens is 372 g/mol. The molecule has 0 aliphatic carbocycles. The molecule has 0 bridgehead atoms. The number of nitrogens with zero attached hydrogens (tertiary/aromatic N) is 1. The van der Waals surface area contributed by atoms with Gasteiger partial charge in [-0.3, -0.25) is 14.9 Å². The van der Waals surface area contributed by atoms with Crippen LogP contribution in [0.5, 0.6) is 0 Å². The Hall–Kier alpha value is -3.19. The Balaban J connectivity index is 1.80. The van der Waals surface area contributed by atoms with Crippen LogP contribution < -0.4 is 5.32 Å². The lowest BCUT2D eigenvalue weighted by atomic mass is 10.1. The average Bonchev–Trinajstić information content (AvgIpc) is 2.65. The van der Waals surface area contributed by atoms with E-state index in [4.69, 9.17) is 16.3 Å². The second-order valence-electron chi connectivity index (χ2n) is 5.63. The summed E-state index contributed by atoms with van der Waals surface area (Å²) in [4.78, 5) is 33.6. The molecule has 27 heavy (non-hydrogen) atoms. The first-order chi connectivity index (χ1) is 12.8. The summed E-state index contributed by atoms with van der Waals surface area (Å²) in [5.74, 6) is -1.14. The topological polar surface area (TPSA) is 98.5 Å². The smallest absolute Gasteiger partial charge is 0.331 e. The summed E-state index contributed by atoms with van der Waals surface area (Å²) in [6, 6.07) is 12.5. The Morgan fingerprint density at radius 1 is 1.26 bits per heavy atom. The van der Waals surface area contributed by atoms with Crippen molar-refractivity contribution < 1.29 is 19.2 Å². The minimum absolute atomic E-state index is 0.0415. The molecule has 0 heterocycles. The Labute approximate surface area is 160 Å². The summed E-state index contributed by atoms with van der Waals surface area (Å²) in [5.41, 5.74) is 1.39. The number of carbonyl (C=O) groups is 2. The molecule has 8 heteroatoms. The van der Waals surface area contributed by atoms with E-state index in [9.17, 15) is 19.7 Å². The molecule has 0 aliphatic heterocycles. The monoisotopic (exact) mass is 388 g/mol. The lowest BCUT2D eigenvalue weighted by molar-refractivity contribution is -0.384. The van der Waals surface area contributed by atoms with Gasteiger partial charge in [-0.25, -0.2) is 4.79 Å². The molecule has 0 spiro atoms. The Morgan fingerprint density at radius 3 is 2.59 bits per heavy atom. The largest absolute Gasteiger partial charge is 0.452 e. The normalized spacial score (nSPS) is 11.8. The van der Waals surface area contributed by atoms with Gasteiger partial charge in [0.05, 0.1) is 11.0 Å². The highest BCUT2D eigenvalue weighted by Gasteiger charge is 2.11. The molecular formula is C19H17ClN2O5. The van der Waals surface area contributed by atoms with E-state index >= 15 is 0 Å². The molecule has 0 aliphatic rings. The maximum atomic E-state index is 11.9. The molecule has 2 aromatic carbocycles. The summed E-state index contributed by atoms with van der Waals surface area (Å²) in [6.07, 6.45) is 2.59. The lowest BCUT2D eigenvalue weighted by Gasteiger charge is -2.14. The molecule has 2 rings (SSSR count). The highest BCUT2D eigenvalue weighted by molar-refractivity contribution is 6.30. The van der Waals surface area contributed by atoms with Gasteiger partial charge in [0, 0.05) is 23.2 Å². The van der Waals surface area contributed by atoms with Crippen LogP contribution in [0.15, 0.2) is 54.6 Å². The third-order valence-electron chi connectivity index (χ3n) is 3.59. The van der Waals surface area contributed by atoms with Gasteiger partial charge in [0.15, 0.2) is 6.61 Å². The number of ether oxygens (including phenoxy) is 1. The van der Waals surface area contributed by atoms with Gasteiger partial charge in [0.1, 0.15) is 0 Å². The van der Waals surface area contributed by atoms with E-state index in [2.05, 4.69) is 5.32 Å². The fourth-order valence-electron chi connectivity index (χ4n) is 2.20. The van der Waals surface area contributed by atoms with Crippen LogP contribution in [0.1, 0.15) is 24.1 Å².